The van der Waals surface area contributed by atoms with Gasteiger partial charge in [-0.2, -0.15) is 0 Å². The molecular formula is C30H31FN6O. The largest absolute Gasteiger partial charge is 0.322 e. The molecule has 0 bridgehead atoms. The van der Waals surface area contributed by atoms with E-state index in [0.717, 1.165) is 40.7 Å². The lowest BCUT2D eigenvalue weighted by Crippen LogP contribution is -2.32. The van der Waals surface area contributed by atoms with Gasteiger partial charge < -0.3 is 4.98 Å². The number of rotatable bonds is 10. The van der Waals surface area contributed by atoms with Gasteiger partial charge in [0.15, 0.2) is 5.82 Å². The molecule has 0 radical (unpaired) electrons. The predicted molar refractivity (Wildman–Crippen MR) is 146 cm³/mol. The average molecular weight is 511 g/mol. The van der Waals surface area contributed by atoms with Gasteiger partial charge in [0, 0.05) is 30.7 Å². The molecule has 0 saturated carbocycles. The Morgan fingerprint density at radius 3 is 2.53 bits per heavy atom. The first kappa shape index (κ1) is 25.5. The summed E-state index contributed by atoms with van der Waals surface area (Å²) in [4.78, 5) is 18.3. The Bertz CT molecular complexity index is 1560. The quantitative estimate of drug-likeness (QED) is 0.274. The second kappa shape index (κ2) is 11.5. The molecule has 0 spiro atoms. The van der Waals surface area contributed by atoms with E-state index in [1.807, 2.05) is 48.0 Å². The zero-order chi connectivity index (χ0) is 26.5. The van der Waals surface area contributed by atoms with Gasteiger partial charge in [0.25, 0.3) is 5.56 Å². The van der Waals surface area contributed by atoms with Crippen LogP contribution in [-0.2, 0) is 26.1 Å². The lowest BCUT2D eigenvalue weighted by Gasteiger charge is -2.30. The normalized spacial score (nSPS) is 12.3. The molecule has 5 aromatic rings. The number of fused-ring (bicyclic) bond motifs is 1. The Hall–Kier alpha value is -4.17. The molecular weight excluding hydrogens is 479 g/mol. The predicted octanol–water partition coefficient (Wildman–Crippen LogP) is 5.36. The van der Waals surface area contributed by atoms with Crippen LogP contribution in [0.15, 0.2) is 83.7 Å². The maximum Gasteiger partial charge on any atom is 0.252 e. The summed E-state index contributed by atoms with van der Waals surface area (Å²) in [6, 6.07) is 24.5. The highest BCUT2D eigenvalue weighted by Gasteiger charge is 2.26. The van der Waals surface area contributed by atoms with Gasteiger partial charge in [-0.25, -0.2) is 9.07 Å². The van der Waals surface area contributed by atoms with E-state index in [2.05, 4.69) is 50.5 Å². The van der Waals surface area contributed by atoms with Crippen LogP contribution < -0.4 is 5.56 Å². The molecule has 0 aliphatic rings. The number of aromatic nitrogens is 5. The fraction of sp³-hybridized carbons (Fsp3) is 0.267. The lowest BCUT2D eigenvalue weighted by atomic mass is 10.1. The number of pyridine rings is 1. The fourth-order valence-corrected chi connectivity index (χ4v) is 4.90. The number of benzene rings is 3. The monoisotopic (exact) mass is 510 g/mol. The summed E-state index contributed by atoms with van der Waals surface area (Å²) >= 11 is 0. The number of nitrogens with zero attached hydrogens (tertiary/aromatic N) is 5. The van der Waals surface area contributed by atoms with Crippen molar-refractivity contribution in [3.63, 3.8) is 0 Å². The minimum absolute atomic E-state index is 0.121. The van der Waals surface area contributed by atoms with Crippen molar-refractivity contribution in [3.8, 4) is 0 Å². The molecule has 38 heavy (non-hydrogen) atoms. The maximum atomic E-state index is 13.6. The van der Waals surface area contributed by atoms with Gasteiger partial charge in [0.2, 0.25) is 0 Å². The summed E-state index contributed by atoms with van der Waals surface area (Å²) in [6.45, 7) is 5.67. The molecule has 0 fully saturated rings. The highest BCUT2D eigenvalue weighted by Crippen LogP contribution is 2.27. The number of hydrogen-bond donors (Lipinski definition) is 1. The highest BCUT2D eigenvalue weighted by atomic mass is 19.1. The molecule has 8 heteroatoms. The molecule has 194 valence electrons. The lowest BCUT2D eigenvalue weighted by molar-refractivity contribution is 0.160. The van der Waals surface area contributed by atoms with E-state index in [9.17, 15) is 9.18 Å². The van der Waals surface area contributed by atoms with Crippen molar-refractivity contribution in [2.75, 3.05) is 0 Å². The number of hydrogen-bond acceptors (Lipinski definition) is 5. The summed E-state index contributed by atoms with van der Waals surface area (Å²) in [6.07, 6.45) is 1.54. The van der Waals surface area contributed by atoms with Crippen LogP contribution in [0.4, 0.5) is 4.39 Å². The number of aryl methyl sites for hydroxylation is 3. The molecule has 5 rings (SSSR count). The smallest absolute Gasteiger partial charge is 0.252 e. The van der Waals surface area contributed by atoms with Crippen LogP contribution in [0.3, 0.4) is 0 Å². The first-order valence-corrected chi connectivity index (χ1v) is 12.9. The van der Waals surface area contributed by atoms with Crippen molar-refractivity contribution in [1.82, 2.24) is 30.1 Å². The van der Waals surface area contributed by atoms with Gasteiger partial charge >= 0.3 is 0 Å². The molecule has 1 N–H and O–H groups in total. The minimum Gasteiger partial charge on any atom is -0.322 e. The van der Waals surface area contributed by atoms with E-state index < -0.39 is 0 Å². The zero-order valence-electron chi connectivity index (χ0n) is 21.6. The highest BCUT2D eigenvalue weighted by molar-refractivity contribution is 5.79. The number of tetrazole rings is 1. The van der Waals surface area contributed by atoms with E-state index in [1.165, 1.54) is 17.7 Å². The molecule has 1 atom stereocenters. The Balaban J connectivity index is 1.48. The maximum absolute atomic E-state index is 13.6. The second-order valence-corrected chi connectivity index (χ2v) is 9.67. The van der Waals surface area contributed by atoms with Gasteiger partial charge in [-0.1, -0.05) is 61.0 Å². The first-order chi connectivity index (χ1) is 18.5. The fourth-order valence-electron chi connectivity index (χ4n) is 4.90. The van der Waals surface area contributed by atoms with Gasteiger partial charge in [-0.3, -0.25) is 9.69 Å². The summed E-state index contributed by atoms with van der Waals surface area (Å²) in [7, 11) is 0. The van der Waals surface area contributed by atoms with Crippen LogP contribution in [0.1, 0.15) is 47.5 Å². The average Bonchev–Trinajstić information content (AvgIpc) is 3.38. The summed E-state index contributed by atoms with van der Waals surface area (Å²) in [5.74, 6) is 0.470. The van der Waals surface area contributed by atoms with Crippen molar-refractivity contribution in [1.29, 1.82) is 0 Å². The van der Waals surface area contributed by atoms with Crippen molar-refractivity contribution >= 4 is 10.9 Å². The molecule has 2 aromatic heterocycles. The molecule has 3 aromatic carbocycles. The topological polar surface area (TPSA) is 79.7 Å². The molecule has 0 amide bonds. The molecule has 2 heterocycles. The SMILES string of the molecule is CCC(c1nnnn1CCc1ccccc1)N(Cc1ccc(F)cc1)Cc1cc2cc(C)ccc2[nH]c1=O. The van der Waals surface area contributed by atoms with Crippen LogP contribution >= 0.6 is 0 Å². The van der Waals surface area contributed by atoms with Crippen LogP contribution in [-0.4, -0.2) is 30.1 Å². The third-order valence-corrected chi connectivity index (χ3v) is 6.89. The van der Waals surface area contributed by atoms with Gasteiger partial charge in [-0.15, -0.1) is 5.10 Å². The standard InChI is InChI=1S/C30H31FN6O/c1-3-28(29-33-34-35-37(29)16-15-22-7-5-4-6-8-22)36(19-23-10-12-26(31)13-11-23)20-25-18-24-17-21(2)9-14-27(24)32-30(25)38/h4-14,17-18,28H,3,15-16,19-20H2,1-2H3,(H,32,38). The van der Waals surface area contributed by atoms with Crippen molar-refractivity contribution in [3.05, 3.63) is 123 Å². The van der Waals surface area contributed by atoms with Gasteiger partial charge in [-0.05, 0) is 77.0 Å². The molecule has 0 saturated heterocycles. The molecule has 0 aliphatic carbocycles. The molecule has 0 aliphatic heterocycles. The Labute approximate surface area is 220 Å². The van der Waals surface area contributed by atoms with Gasteiger partial charge in [0.1, 0.15) is 5.82 Å². The Kier molecular flexibility index (Phi) is 7.70. The van der Waals surface area contributed by atoms with Crippen LogP contribution in [0.5, 0.6) is 0 Å². The third-order valence-electron chi connectivity index (χ3n) is 6.89. The number of halogens is 1. The van der Waals surface area contributed by atoms with E-state index in [0.29, 0.717) is 25.2 Å². The third kappa shape index (κ3) is 5.86. The van der Waals surface area contributed by atoms with Crippen molar-refractivity contribution < 1.29 is 4.39 Å². The van der Waals surface area contributed by atoms with Gasteiger partial charge in [0.05, 0.1) is 6.04 Å². The zero-order valence-corrected chi connectivity index (χ0v) is 21.6. The summed E-state index contributed by atoms with van der Waals surface area (Å²) in [5.41, 5.74) is 4.63. The second-order valence-electron chi connectivity index (χ2n) is 9.67. The first-order valence-electron chi connectivity index (χ1n) is 12.9. The summed E-state index contributed by atoms with van der Waals surface area (Å²) < 4.78 is 15.5. The number of nitrogens with one attached hydrogen (secondary N) is 1. The number of aromatic amines is 1. The van der Waals surface area contributed by atoms with E-state index in [-0.39, 0.29) is 17.4 Å². The molecule has 1 unspecified atom stereocenters. The van der Waals surface area contributed by atoms with E-state index >= 15 is 0 Å². The van der Waals surface area contributed by atoms with E-state index in [1.54, 1.807) is 12.1 Å². The Morgan fingerprint density at radius 1 is 0.974 bits per heavy atom. The molecule has 7 nitrogen and oxygen atoms in total. The van der Waals surface area contributed by atoms with E-state index in [4.69, 9.17) is 0 Å². The van der Waals surface area contributed by atoms with Crippen molar-refractivity contribution in [2.24, 2.45) is 0 Å². The van der Waals surface area contributed by atoms with Crippen LogP contribution in [0.2, 0.25) is 0 Å². The van der Waals surface area contributed by atoms with Crippen LogP contribution in [0, 0.1) is 12.7 Å². The summed E-state index contributed by atoms with van der Waals surface area (Å²) in [5, 5.41) is 13.7. The minimum atomic E-state index is -0.279. The van der Waals surface area contributed by atoms with Crippen molar-refractivity contribution in [2.45, 2.75) is 52.4 Å². The Morgan fingerprint density at radius 2 is 1.76 bits per heavy atom. The number of H-pyrrole nitrogens is 1. The van der Waals surface area contributed by atoms with Crippen LogP contribution in [0.25, 0.3) is 10.9 Å².